The maximum atomic E-state index is 12.9. The third-order valence-electron chi connectivity index (χ3n) is 5.14. The third kappa shape index (κ3) is 3.39. The summed E-state index contributed by atoms with van der Waals surface area (Å²) in [5.74, 6) is 0.215. The molecule has 0 fully saturated rings. The van der Waals surface area contributed by atoms with Gasteiger partial charge in [-0.25, -0.2) is 0 Å². The zero-order valence-electron chi connectivity index (χ0n) is 16.5. The van der Waals surface area contributed by atoms with Gasteiger partial charge in [0.05, 0.1) is 14.1 Å². The Kier molecular flexibility index (Phi) is 4.88. The van der Waals surface area contributed by atoms with E-state index in [1.807, 2.05) is 43.3 Å². The van der Waals surface area contributed by atoms with Gasteiger partial charge >= 0.3 is 0 Å². The Balaban J connectivity index is 1.62. The first-order valence-corrected chi connectivity index (χ1v) is 9.59. The highest BCUT2D eigenvalue weighted by Crippen LogP contribution is 2.31. The van der Waals surface area contributed by atoms with Crippen LogP contribution in [0.15, 0.2) is 65.1 Å². The van der Waals surface area contributed by atoms with Gasteiger partial charge in [-0.15, -0.1) is 0 Å². The molecule has 4 aromatic rings. The Hall–Kier alpha value is -3.11. The van der Waals surface area contributed by atoms with Gasteiger partial charge in [-0.1, -0.05) is 60.7 Å². The third-order valence-corrected chi connectivity index (χ3v) is 5.14. The Bertz CT molecular complexity index is 1160. The van der Waals surface area contributed by atoms with Crippen molar-refractivity contribution in [3.05, 3.63) is 83.1 Å². The molecule has 0 spiro atoms. The quantitative estimate of drug-likeness (QED) is 0.563. The number of fused-ring (bicyclic) bond motifs is 3. The number of furan rings is 1. The fourth-order valence-electron chi connectivity index (χ4n) is 3.70. The standard InChI is InChI=1S/C24H24N2O2/c1-16-20-13-12-17-8-6-7-11-21(17)23(20)28-22(16)24(27)25-14-18-9-4-5-10-19(18)15-26(2)3/h4-13H,14-15H2,1-3H3,(H,25,27)/p+1. The van der Waals surface area contributed by atoms with Gasteiger partial charge in [-0.3, -0.25) is 4.79 Å². The molecule has 0 unspecified atom stereocenters. The van der Waals surface area contributed by atoms with Crippen molar-refractivity contribution in [2.75, 3.05) is 14.1 Å². The maximum Gasteiger partial charge on any atom is 0.287 e. The van der Waals surface area contributed by atoms with Gasteiger partial charge in [0.15, 0.2) is 5.76 Å². The Labute approximate surface area is 164 Å². The van der Waals surface area contributed by atoms with E-state index in [0.717, 1.165) is 39.4 Å². The van der Waals surface area contributed by atoms with Gasteiger partial charge in [-0.05, 0) is 17.9 Å². The molecule has 1 heterocycles. The molecule has 0 saturated heterocycles. The zero-order chi connectivity index (χ0) is 19.7. The van der Waals surface area contributed by atoms with Crippen LogP contribution in [-0.4, -0.2) is 20.0 Å². The van der Waals surface area contributed by atoms with E-state index in [1.54, 1.807) is 0 Å². The topological polar surface area (TPSA) is 46.7 Å². The van der Waals surface area contributed by atoms with Gasteiger partial charge < -0.3 is 14.6 Å². The van der Waals surface area contributed by atoms with Crippen LogP contribution in [0.4, 0.5) is 0 Å². The molecule has 2 N–H and O–H groups in total. The van der Waals surface area contributed by atoms with Crippen molar-refractivity contribution in [3.63, 3.8) is 0 Å². The highest BCUT2D eigenvalue weighted by atomic mass is 16.3. The number of amides is 1. The summed E-state index contributed by atoms with van der Waals surface area (Å²) in [6.45, 7) is 3.35. The van der Waals surface area contributed by atoms with E-state index in [2.05, 4.69) is 43.7 Å². The number of nitrogens with one attached hydrogen (secondary N) is 2. The summed E-state index contributed by atoms with van der Waals surface area (Å²) < 4.78 is 6.04. The predicted octanol–water partition coefficient (Wildman–Crippen LogP) is 3.47. The van der Waals surface area contributed by atoms with Crippen LogP contribution in [0.5, 0.6) is 0 Å². The van der Waals surface area contributed by atoms with Gasteiger partial charge in [-0.2, -0.15) is 0 Å². The van der Waals surface area contributed by atoms with Crippen molar-refractivity contribution < 1.29 is 14.1 Å². The van der Waals surface area contributed by atoms with Crippen LogP contribution in [0.1, 0.15) is 27.2 Å². The van der Waals surface area contributed by atoms with Gasteiger partial charge in [0.2, 0.25) is 0 Å². The van der Waals surface area contributed by atoms with Crippen LogP contribution in [0.3, 0.4) is 0 Å². The van der Waals surface area contributed by atoms with E-state index in [9.17, 15) is 4.79 Å². The minimum Gasteiger partial charge on any atom is -0.450 e. The Morgan fingerprint density at radius 2 is 1.64 bits per heavy atom. The lowest BCUT2D eigenvalue weighted by atomic mass is 10.1. The molecule has 1 aromatic heterocycles. The van der Waals surface area contributed by atoms with E-state index in [0.29, 0.717) is 12.3 Å². The molecule has 0 aliphatic carbocycles. The number of carbonyl (C=O) groups excluding carboxylic acids is 1. The first-order chi connectivity index (χ1) is 13.5. The summed E-state index contributed by atoms with van der Waals surface area (Å²) in [5, 5.41) is 6.16. The van der Waals surface area contributed by atoms with Crippen LogP contribution in [0.2, 0.25) is 0 Å². The SMILES string of the molecule is Cc1c(C(=O)NCc2ccccc2C[NH+](C)C)oc2c1ccc1ccccc12. The normalized spacial score (nSPS) is 11.4. The van der Waals surface area contributed by atoms with Crippen molar-refractivity contribution in [2.24, 2.45) is 0 Å². The minimum absolute atomic E-state index is 0.176. The molecule has 4 nitrogen and oxygen atoms in total. The summed E-state index contributed by atoms with van der Waals surface area (Å²) in [4.78, 5) is 14.2. The first-order valence-electron chi connectivity index (χ1n) is 9.59. The van der Waals surface area contributed by atoms with Crippen LogP contribution in [-0.2, 0) is 13.1 Å². The molecule has 28 heavy (non-hydrogen) atoms. The fraction of sp³-hybridized carbons (Fsp3) is 0.208. The molecule has 1 amide bonds. The van der Waals surface area contributed by atoms with Crippen LogP contribution >= 0.6 is 0 Å². The number of carbonyl (C=O) groups is 1. The number of hydrogen-bond acceptors (Lipinski definition) is 2. The highest BCUT2D eigenvalue weighted by Gasteiger charge is 2.19. The number of benzene rings is 3. The maximum absolute atomic E-state index is 12.9. The molecule has 4 rings (SSSR count). The predicted molar refractivity (Wildman–Crippen MR) is 113 cm³/mol. The molecule has 0 saturated carbocycles. The zero-order valence-corrected chi connectivity index (χ0v) is 16.5. The Morgan fingerprint density at radius 3 is 2.43 bits per heavy atom. The van der Waals surface area contributed by atoms with Gasteiger partial charge in [0.25, 0.3) is 5.91 Å². The monoisotopic (exact) mass is 373 g/mol. The lowest BCUT2D eigenvalue weighted by Gasteiger charge is -2.12. The minimum atomic E-state index is -0.176. The van der Waals surface area contributed by atoms with Crippen LogP contribution in [0, 0.1) is 6.92 Å². The number of aryl methyl sites for hydroxylation is 1. The number of quaternary nitrogens is 1. The van der Waals surface area contributed by atoms with Crippen LogP contribution < -0.4 is 10.2 Å². The average Bonchev–Trinajstić information content (AvgIpc) is 3.04. The number of rotatable bonds is 5. The summed E-state index contributed by atoms with van der Waals surface area (Å²) in [7, 11) is 4.24. The lowest BCUT2D eigenvalue weighted by molar-refractivity contribution is -0.872. The second kappa shape index (κ2) is 7.49. The van der Waals surface area contributed by atoms with E-state index in [1.165, 1.54) is 10.5 Å². The summed E-state index contributed by atoms with van der Waals surface area (Å²) >= 11 is 0. The Morgan fingerprint density at radius 1 is 0.929 bits per heavy atom. The average molecular weight is 373 g/mol. The molecule has 0 bridgehead atoms. The largest absolute Gasteiger partial charge is 0.450 e. The van der Waals surface area contributed by atoms with Crippen molar-refractivity contribution >= 4 is 27.6 Å². The number of hydrogen-bond donors (Lipinski definition) is 2. The molecule has 0 aliphatic heterocycles. The molecular weight excluding hydrogens is 348 g/mol. The summed E-state index contributed by atoms with van der Waals surface area (Å²) in [5.41, 5.74) is 4.04. The lowest BCUT2D eigenvalue weighted by Crippen LogP contribution is -3.04. The molecule has 3 aromatic carbocycles. The first kappa shape index (κ1) is 18.3. The smallest absolute Gasteiger partial charge is 0.287 e. The van der Waals surface area contributed by atoms with Crippen molar-refractivity contribution in [3.8, 4) is 0 Å². The van der Waals surface area contributed by atoms with E-state index in [-0.39, 0.29) is 5.91 Å². The van der Waals surface area contributed by atoms with E-state index in [4.69, 9.17) is 4.42 Å². The molecule has 4 heteroatoms. The second-order valence-corrected chi connectivity index (χ2v) is 7.55. The van der Waals surface area contributed by atoms with Crippen LogP contribution in [0.25, 0.3) is 21.7 Å². The van der Waals surface area contributed by atoms with E-state index >= 15 is 0 Å². The molecule has 0 aliphatic rings. The van der Waals surface area contributed by atoms with Crippen molar-refractivity contribution in [1.29, 1.82) is 0 Å². The van der Waals surface area contributed by atoms with Crippen molar-refractivity contribution in [2.45, 2.75) is 20.0 Å². The van der Waals surface area contributed by atoms with Gasteiger partial charge in [0, 0.05) is 28.4 Å². The molecule has 0 radical (unpaired) electrons. The summed E-state index contributed by atoms with van der Waals surface area (Å²) in [6, 6.07) is 20.4. The highest BCUT2D eigenvalue weighted by molar-refractivity contribution is 6.08. The van der Waals surface area contributed by atoms with E-state index < -0.39 is 0 Å². The molecular formula is C24H25N2O2+. The molecule has 142 valence electrons. The van der Waals surface area contributed by atoms with Crippen molar-refractivity contribution in [1.82, 2.24) is 5.32 Å². The summed E-state index contributed by atoms with van der Waals surface area (Å²) in [6.07, 6.45) is 0. The molecule has 0 atom stereocenters. The fourth-order valence-corrected chi connectivity index (χ4v) is 3.70. The van der Waals surface area contributed by atoms with Gasteiger partial charge in [0.1, 0.15) is 12.1 Å². The second-order valence-electron chi connectivity index (χ2n) is 7.55.